The van der Waals surface area contributed by atoms with Crippen molar-refractivity contribution in [2.45, 2.75) is 19.8 Å². The zero-order chi connectivity index (χ0) is 13.7. The van der Waals surface area contributed by atoms with E-state index in [1.54, 1.807) is 12.4 Å². The highest BCUT2D eigenvalue weighted by atomic mass is 32.1. The Hall–Kier alpha value is -1.88. The number of pyridine rings is 1. The zero-order valence-corrected chi connectivity index (χ0v) is 11.4. The molecule has 2 aromatic heterocycles. The van der Waals surface area contributed by atoms with Crippen molar-refractivity contribution < 1.29 is 14.6 Å². The van der Waals surface area contributed by atoms with Crippen LogP contribution in [0.3, 0.4) is 0 Å². The summed E-state index contributed by atoms with van der Waals surface area (Å²) < 4.78 is 5.59. The lowest BCUT2D eigenvalue weighted by Crippen LogP contribution is -2.04. The number of aryl methyl sites for hydroxylation is 1. The quantitative estimate of drug-likeness (QED) is 0.881. The van der Waals surface area contributed by atoms with Crippen molar-refractivity contribution >= 4 is 17.3 Å². The van der Waals surface area contributed by atoms with Gasteiger partial charge in [-0.3, -0.25) is 4.98 Å². The van der Waals surface area contributed by atoms with Crippen molar-refractivity contribution in [2.24, 2.45) is 0 Å². The monoisotopic (exact) mass is 277 g/mol. The van der Waals surface area contributed by atoms with Gasteiger partial charge in [0.1, 0.15) is 5.75 Å². The molecule has 0 aliphatic heterocycles. The molecule has 0 saturated heterocycles. The number of carbonyl (C=O) groups is 1. The number of carboxylic acids is 1. The number of hydrogen-bond donors (Lipinski definition) is 1. The number of ether oxygens (including phenoxy) is 1. The third kappa shape index (κ3) is 3.54. The van der Waals surface area contributed by atoms with Crippen LogP contribution in [0.15, 0.2) is 30.6 Å². The smallest absolute Gasteiger partial charge is 0.349 e. The van der Waals surface area contributed by atoms with Gasteiger partial charge >= 0.3 is 5.97 Å². The molecule has 4 nitrogen and oxygen atoms in total. The molecule has 0 atom stereocenters. The molecule has 0 aliphatic carbocycles. The molecule has 2 rings (SSSR count). The number of nitrogens with zero attached hydrogens (tertiary/aromatic N) is 1. The molecular formula is C14H15NO3S. The summed E-state index contributed by atoms with van der Waals surface area (Å²) in [6, 6.07) is 5.66. The average Bonchev–Trinajstić information content (AvgIpc) is 2.83. The summed E-state index contributed by atoms with van der Waals surface area (Å²) in [7, 11) is 0. The number of thiophene rings is 1. The van der Waals surface area contributed by atoms with Crippen LogP contribution >= 0.6 is 11.3 Å². The molecule has 2 heterocycles. The first-order valence-corrected chi connectivity index (χ1v) is 6.90. The van der Waals surface area contributed by atoms with Crippen LogP contribution in [-0.4, -0.2) is 22.7 Å². The van der Waals surface area contributed by atoms with Gasteiger partial charge in [0.05, 0.1) is 6.61 Å². The Morgan fingerprint density at radius 2 is 2.37 bits per heavy atom. The lowest BCUT2D eigenvalue weighted by Gasteiger charge is -2.05. The van der Waals surface area contributed by atoms with Crippen LogP contribution in [-0.2, 0) is 12.8 Å². The van der Waals surface area contributed by atoms with Gasteiger partial charge in [0.15, 0.2) is 4.88 Å². The minimum absolute atomic E-state index is 0.281. The lowest BCUT2D eigenvalue weighted by molar-refractivity contribution is 0.0698. The van der Waals surface area contributed by atoms with Crippen molar-refractivity contribution in [3.63, 3.8) is 0 Å². The second-order valence-electron chi connectivity index (χ2n) is 4.02. The van der Waals surface area contributed by atoms with Crippen LogP contribution in [0, 0.1) is 0 Å². The van der Waals surface area contributed by atoms with E-state index in [1.807, 2.05) is 25.1 Å². The molecule has 5 heteroatoms. The number of aromatic nitrogens is 1. The van der Waals surface area contributed by atoms with Gasteiger partial charge in [-0.05, 0) is 24.1 Å². The van der Waals surface area contributed by atoms with Gasteiger partial charge in [-0.2, -0.15) is 0 Å². The fourth-order valence-electron chi connectivity index (χ4n) is 1.68. The molecule has 0 aliphatic rings. The number of rotatable bonds is 6. The Kier molecular flexibility index (Phi) is 4.52. The SMILES string of the molecule is CCc1cc(OCCc2cccnc2)c(C(=O)O)s1. The lowest BCUT2D eigenvalue weighted by atomic mass is 10.2. The van der Waals surface area contributed by atoms with E-state index >= 15 is 0 Å². The Balaban J connectivity index is 1.99. The second-order valence-corrected chi connectivity index (χ2v) is 5.16. The molecular weight excluding hydrogens is 262 g/mol. The molecule has 0 spiro atoms. The predicted octanol–water partition coefficient (Wildman–Crippen LogP) is 3.03. The number of hydrogen-bond acceptors (Lipinski definition) is 4. The van der Waals surface area contributed by atoms with E-state index in [0.717, 1.165) is 16.9 Å². The Bertz CT molecular complexity index is 551. The Labute approximate surface area is 115 Å². The first-order chi connectivity index (χ1) is 9.20. The summed E-state index contributed by atoms with van der Waals surface area (Å²) in [5, 5.41) is 9.11. The first kappa shape index (κ1) is 13.5. The molecule has 0 radical (unpaired) electrons. The molecule has 2 aromatic rings. The molecule has 0 fully saturated rings. The fraction of sp³-hybridized carbons (Fsp3) is 0.286. The topological polar surface area (TPSA) is 59.4 Å². The van der Waals surface area contributed by atoms with Crippen LogP contribution < -0.4 is 4.74 Å². The van der Waals surface area contributed by atoms with E-state index in [2.05, 4.69) is 4.98 Å². The molecule has 0 unspecified atom stereocenters. The Morgan fingerprint density at radius 3 is 3.00 bits per heavy atom. The number of aromatic carboxylic acids is 1. The summed E-state index contributed by atoms with van der Waals surface area (Å²) in [5.41, 5.74) is 1.07. The van der Waals surface area contributed by atoms with E-state index in [4.69, 9.17) is 9.84 Å². The maximum absolute atomic E-state index is 11.1. The van der Waals surface area contributed by atoms with E-state index in [1.165, 1.54) is 11.3 Å². The van der Waals surface area contributed by atoms with E-state index in [-0.39, 0.29) is 4.88 Å². The van der Waals surface area contributed by atoms with E-state index < -0.39 is 5.97 Å². The standard InChI is InChI=1S/C14H15NO3S/c1-2-11-8-12(13(19-11)14(16)17)18-7-5-10-4-3-6-15-9-10/h3-4,6,8-9H,2,5,7H2,1H3,(H,16,17). The Morgan fingerprint density at radius 1 is 1.53 bits per heavy atom. The highest BCUT2D eigenvalue weighted by molar-refractivity contribution is 7.14. The van der Waals surface area contributed by atoms with Gasteiger partial charge in [0, 0.05) is 23.7 Å². The van der Waals surface area contributed by atoms with Gasteiger partial charge in [0.2, 0.25) is 0 Å². The fourth-order valence-corrected chi connectivity index (χ4v) is 2.56. The van der Waals surface area contributed by atoms with Gasteiger partial charge in [-0.25, -0.2) is 4.79 Å². The second kappa shape index (κ2) is 6.33. The number of carboxylic acid groups (broad SMARTS) is 1. The summed E-state index contributed by atoms with van der Waals surface area (Å²) in [6.45, 7) is 2.45. The van der Waals surface area contributed by atoms with Crippen molar-refractivity contribution in [3.05, 3.63) is 45.9 Å². The maximum Gasteiger partial charge on any atom is 0.349 e. The molecule has 0 saturated carbocycles. The summed E-state index contributed by atoms with van der Waals surface area (Å²) >= 11 is 1.28. The summed E-state index contributed by atoms with van der Waals surface area (Å²) in [5.74, 6) is -0.459. The van der Waals surface area contributed by atoms with Crippen LogP contribution in [0.2, 0.25) is 0 Å². The van der Waals surface area contributed by atoms with Crippen LogP contribution in [0.25, 0.3) is 0 Å². The van der Waals surface area contributed by atoms with Crippen LogP contribution in [0.4, 0.5) is 0 Å². The largest absolute Gasteiger partial charge is 0.491 e. The molecule has 1 N–H and O–H groups in total. The molecule has 100 valence electrons. The highest BCUT2D eigenvalue weighted by Crippen LogP contribution is 2.29. The minimum atomic E-state index is -0.930. The summed E-state index contributed by atoms with van der Waals surface area (Å²) in [6.07, 6.45) is 5.03. The third-order valence-corrected chi connectivity index (χ3v) is 3.91. The van der Waals surface area contributed by atoms with Gasteiger partial charge < -0.3 is 9.84 Å². The third-order valence-electron chi connectivity index (χ3n) is 2.66. The molecule has 0 bridgehead atoms. The van der Waals surface area contributed by atoms with Crippen molar-refractivity contribution in [3.8, 4) is 5.75 Å². The first-order valence-electron chi connectivity index (χ1n) is 6.08. The van der Waals surface area contributed by atoms with E-state index in [0.29, 0.717) is 18.8 Å². The molecule has 0 amide bonds. The van der Waals surface area contributed by atoms with E-state index in [9.17, 15) is 4.79 Å². The zero-order valence-electron chi connectivity index (χ0n) is 10.6. The van der Waals surface area contributed by atoms with Gasteiger partial charge in [0.25, 0.3) is 0 Å². The molecule has 0 aromatic carbocycles. The van der Waals surface area contributed by atoms with Gasteiger partial charge in [-0.15, -0.1) is 11.3 Å². The predicted molar refractivity (Wildman–Crippen MR) is 74.1 cm³/mol. The van der Waals surface area contributed by atoms with Gasteiger partial charge in [-0.1, -0.05) is 13.0 Å². The average molecular weight is 277 g/mol. The van der Waals surface area contributed by atoms with Crippen LogP contribution in [0.5, 0.6) is 5.75 Å². The maximum atomic E-state index is 11.1. The van der Waals surface area contributed by atoms with Crippen molar-refractivity contribution in [2.75, 3.05) is 6.61 Å². The minimum Gasteiger partial charge on any atom is -0.491 e. The van der Waals surface area contributed by atoms with Crippen LogP contribution in [0.1, 0.15) is 27.0 Å². The van der Waals surface area contributed by atoms with Crippen molar-refractivity contribution in [1.29, 1.82) is 0 Å². The normalized spacial score (nSPS) is 10.4. The highest BCUT2D eigenvalue weighted by Gasteiger charge is 2.15. The van der Waals surface area contributed by atoms with Crippen molar-refractivity contribution in [1.82, 2.24) is 4.98 Å². The summed E-state index contributed by atoms with van der Waals surface area (Å²) in [4.78, 5) is 16.4. The molecule has 19 heavy (non-hydrogen) atoms.